The topological polar surface area (TPSA) is 105 Å². The van der Waals surface area contributed by atoms with Crippen LogP contribution < -0.4 is 9.47 Å². The predicted octanol–water partition coefficient (Wildman–Crippen LogP) is 4.24. The van der Waals surface area contributed by atoms with Crippen LogP contribution in [0.25, 0.3) is 0 Å². The van der Waals surface area contributed by atoms with E-state index in [1.165, 1.54) is 6.33 Å². The minimum atomic E-state index is -0.710. The van der Waals surface area contributed by atoms with Gasteiger partial charge in [-0.05, 0) is 46.8 Å². The van der Waals surface area contributed by atoms with E-state index in [9.17, 15) is 4.79 Å². The Morgan fingerprint density at radius 1 is 1.14 bits per heavy atom. The van der Waals surface area contributed by atoms with E-state index in [-0.39, 0.29) is 30.1 Å². The van der Waals surface area contributed by atoms with E-state index in [0.717, 1.165) is 5.69 Å². The smallest absolute Gasteiger partial charge is 0.473 e. The Bertz CT molecular complexity index is 1060. The zero-order valence-corrected chi connectivity index (χ0v) is 21.5. The van der Waals surface area contributed by atoms with Gasteiger partial charge in [-0.25, -0.2) is 14.8 Å². The second kappa shape index (κ2) is 13.0. The van der Waals surface area contributed by atoms with Gasteiger partial charge in [0, 0.05) is 38.0 Å². The lowest BCUT2D eigenvalue weighted by Gasteiger charge is -2.30. The first-order valence-electron chi connectivity index (χ1n) is 12.1. The minimum Gasteiger partial charge on any atom is -0.473 e. The first-order valence-corrected chi connectivity index (χ1v) is 12.1. The Morgan fingerprint density at radius 3 is 2.50 bits per heavy atom. The number of hydrogen-bond acceptors (Lipinski definition) is 10. The highest BCUT2D eigenvalue weighted by atomic mass is 16.8. The van der Waals surface area contributed by atoms with Crippen LogP contribution in [0, 0.1) is 19.3 Å². The van der Waals surface area contributed by atoms with Crippen molar-refractivity contribution >= 4 is 6.16 Å². The summed E-state index contributed by atoms with van der Waals surface area (Å²) in [5.74, 6) is 3.63. The van der Waals surface area contributed by atoms with Crippen molar-refractivity contribution in [1.29, 1.82) is 0 Å². The summed E-state index contributed by atoms with van der Waals surface area (Å²) in [6.07, 6.45) is 8.14. The molecule has 0 spiro atoms. The van der Waals surface area contributed by atoms with E-state index in [1.807, 2.05) is 32.9 Å². The maximum atomic E-state index is 11.7. The van der Waals surface area contributed by atoms with E-state index in [1.54, 1.807) is 18.9 Å². The Kier molecular flexibility index (Phi) is 9.85. The van der Waals surface area contributed by atoms with Crippen molar-refractivity contribution in [3.63, 3.8) is 0 Å². The standard InChI is InChI=1S/C26H34N4O6/c1-7-22-24(34-21-10-13-30(14-11-21)36-26(31)33-18(4)5)27-16-28-25(22)35-23-9-8-20(29-19(23)6)12-15-32-17(2)3/h1,8-9,16-18,21H,10-15H2,2-6H3. The van der Waals surface area contributed by atoms with Gasteiger partial charge in [0.2, 0.25) is 11.8 Å². The first kappa shape index (κ1) is 27.2. The van der Waals surface area contributed by atoms with Crippen molar-refractivity contribution in [2.24, 2.45) is 0 Å². The molecule has 0 radical (unpaired) electrons. The summed E-state index contributed by atoms with van der Waals surface area (Å²) in [5, 5.41) is 1.57. The third-order valence-electron chi connectivity index (χ3n) is 5.25. The predicted molar refractivity (Wildman–Crippen MR) is 132 cm³/mol. The van der Waals surface area contributed by atoms with Crippen molar-refractivity contribution in [3.05, 3.63) is 35.4 Å². The fraction of sp³-hybridized carbons (Fsp3) is 0.538. The average molecular weight is 499 g/mol. The van der Waals surface area contributed by atoms with E-state index >= 15 is 0 Å². The molecule has 2 aromatic heterocycles. The normalized spacial score (nSPS) is 14.5. The lowest BCUT2D eigenvalue weighted by molar-refractivity contribution is -0.151. The molecular formula is C26H34N4O6. The molecule has 0 bridgehead atoms. The average Bonchev–Trinajstić information content (AvgIpc) is 2.81. The molecule has 0 atom stereocenters. The summed E-state index contributed by atoms with van der Waals surface area (Å²) in [6, 6.07) is 3.74. The van der Waals surface area contributed by atoms with Crippen LogP contribution in [0.5, 0.6) is 17.5 Å². The van der Waals surface area contributed by atoms with Crippen molar-refractivity contribution in [2.45, 2.75) is 72.2 Å². The fourth-order valence-corrected chi connectivity index (χ4v) is 3.51. The van der Waals surface area contributed by atoms with Crippen molar-refractivity contribution in [3.8, 4) is 29.9 Å². The number of terminal acetylenes is 1. The molecule has 0 aromatic carbocycles. The van der Waals surface area contributed by atoms with Gasteiger partial charge in [-0.3, -0.25) is 4.98 Å². The molecule has 0 aliphatic carbocycles. The molecule has 194 valence electrons. The van der Waals surface area contributed by atoms with Gasteiger partial charge in [-0.15, -0.1) is 11.5 Å². The molecule has 0 N–H and O–H groups in total. The number of hydroxylamine groups is 2. The number of piperidine rings is 1. The van der Waals surface area contributed by atoms with Crippen LogP contribution >= 0.6 is 0 Å². The molecule has 36 heavy (non-hydrogen) atoms. The summed E-state index contributed by atoms with van der Waals surface area (Å²) >= 11 is 0. The van der Waals surface area contributed by atoms with Crippen LogP contribution in [0.4, 0.5) is 4.79 Å². The van der Waals surface area contributed by atoms with Crippen molar-refractivity contribution in [2.75, 3.05) is 19.7 Å². The van der Waals surface area contributed by atoms with Gasteiger partial charge in [-0.1, -0.05) is 5.92 Å². The number of ether oxygens (including phenoxy) is 4. The Morgan fingerprint density at radius 2 is 1.86 bits per heavy atom. The van der Waals surface area contributed by atoms with Gasteiger partial charge in [0.15, 0.2) is 5.75 Å². The fourth-order valence-electron chi connectivity index (χ4n) is 3.51. The Hall–Kier alpha value is -3.42. The molecule has 0 saturated carbocycles. The highest BCUT2D eigenvalue weighted by Gasteiger charge is 2.26. The van der Waals surface area contributed by atoms with Gasteiger partial charge < -0.3 is 23.8 Å². The van der Waals surface area contributed by atoms with Crippen LogP contribution in [0.1, 0.15) is 57.5 Å². The SMILES string of the molecule is C#Cc1c(Oc2ccc(CCOC(C)C)nc2C)ncnc1OC1CCN(OC(=O)OC(C)C)CC1. The number of hydrogen-bond donors (Lipinski definition) is 0. The van der Waals surface area contributed by atoms with Crippen LogP contribution in [-0.4, -0.2) is 64.2 Å². The van der Waals surface area contributed by atoms with Crippen LogP contribution in [0.15, 0.2) is 18.5 Å². The number of carbonyl (C=O) groups is 1. The molecule has 10 heteroatoms. The van der Waals surface area contributed by atoms with Gasteiger partial charge >= 0.3 is 6.16 Å². The van der Waals surface area contributed by atoms with E-state index < -0.39 is 6.16 Å². The summed E-state index contributed by atoms with van der Waals surface area (Å²) in [6.45, 7) is 11.0. The third kappa shape index (κ3) is 8.07. The van der Waals surface area contributed by atoms with Crippen LogP contribution in [-0.2, 0) is 20.7 Å². The Balaban J connectivity index is 1.60. The molecular weight excluding hydrogens is 464 g/mol. The molecule has 0 unspecified atom stereocenters. The molecule has 1 fully saturated rings. The van der Waals surface area contributed by atoms with Crippen molar-refractivity contribution < 1.29 is 28.6 Å². The van der Waals surface area contributed by atoms with E-state index in [0.29, 0.717) is 56.0 Å². The molecule has 0 amide bonds. The van der Waals surface area contributed by atoms with Gasteiger partial charge in [0.25, 0.3) is 0 Å². The largest absolute Gasteiger partial charge is 0.528 e. The minimum absolute atomic E-state index is 0.156. The van der Waals surface area contributed by atoms with E-state index in [2.05, 4.69) is 20.9 Å². The van der Waals surface area contributed by atoms with E-state index in [4.69, 9.17) is 30.2 Å². The lowest BCUT2D eigenvalue weighted by Crippen LogP contribution is -2.40. The number of nitrogens with zero attached hydrogens (tertiary/aromatic N) is 4. The molecule has 3 rings (SSSR count). The number of aromatic nitrogens is 3. The maximum Gasteiger partial charge on any atom is 0.528 e. The highest BCUT2D eigenvalue weighted by Crippen LogP contribution is 2.30. The Labute approximate surface area is 212 Å². The van der Waals surface area contributed by atoms with Crippen molar-refractivity contribution in [1.82, 2.24) is 20.0 Å². The number of pyridine rings is 1. The highest BCUT2D eigenvalue weighted by molar-refractivity contribution is 5.59. The number of rotatable bonds is 10. The molecule has 1 saturated heterocycles. The van der Waals surface area contributed by atoms with Gasteiger partial charge in [-0.2, -0.15) is 0 Å². The third-order valence-corrected chi connectivity index (χ3v) is 5.25. The summed E-state index contributed by atoms with van der Waals surface area (Å²) in [4.78, 5) is 29.9. The zero-order valence-electron chi connectivity index (χ0n) is 21.5. The zero-order chi connectivity index (χ0) is 26.1. The van der Waals surface area contributed by atoms with Gasteiger partial charge in [0.1, 0.15) is 18.0 Å². The second-order valence-corrected chi connectivity index (χ2v) is 8.92. The molecule has 3 heterocycles. The molecule has 2 aromatic rings. The lowest BCUT2D eigenvalue weighted by atomic mass is 10.1. The summed E-state index contributed by atoms with van der Waals surface area (Å²) in [7, 11) is 0. The quantitative estimate of drug-likeness (QED) is 0.349. The van der Waals surface area contributed by atoms with Crippen LogP contribution in [0.3, 0.4) is 0 Å². The maximum absolute atomic E-state index is 11.7. The van der Waals surface area contributed by atoms with Crippen LogP contribution in [0.2, 0.25) is 0 Å². The molecule has 10 nitrogen and oxygen atoms in total. The first-order chi connectivity index (χ1) is 17.2. The summed E-state index contributed by atoms with van der Waals surface area (Å²) < 4.78 is 22.7. The monoisotopic (exact) mass is 498 g/mol. The molecule has 1 aliphatic rings. The summed E-state index contributed by atoms with van der Waals surface area (Å²) in [5.41, 5.74) is 1.95. The number of aryl methyl sites for hydroxylation is 1. The number of carbonyl (C=O) groups excluding carboxylic acids is 1. The second-order valence-electron chi connectivity index (χ2n) is 8.92. The van der Waals surface area contributed by atoms with Gasteiger partial charge in [0.05, 0.1) is 24.5 Å². The molecule has 1 aliphatic heterocycles.